The number of likely N-dealkylation sites (tertiary alicyclic amines) is 1. The lowest BCUT2D eigenvalue weighted by atomic mass is 10.1. The third kappa shape index (κ3) is 4.17. The summed E-state index contributed by atoms with van der Waals surface area (Å²) in [5.41, 5.74) is 0. The predicted molar refractivity (Wildman–Crippen MR) is 78.0 cm³/mol. The van der Waals surface area contributed by atoms with E-state index in [1.165, 1.54) is 0 Å². The van der Waals surface area contributed by atoms with Crippen molar-refractivity contribution in [2.24, 2.45) is 5.92 Å². The summed E-state index contributed by atoms with van der Waals surface area (Å²) in [5.74, 6) is 1.45. The van der Waals surface area contributed by atoms with Crippen LogP contribution in [0.25, 0.3) is 0 Å². The van der Waals surface area contributed by atoms with Crippen LogP contribution in [0.15, 0.2) is 24.5 Å². The molecule has 2 aliphatic rings. The average molecular weight is 290 g/mol. The van der Waals surface area contributed by atoms with E-state index in [2.05, 4.69) is 4.98 Å². The second kappa shape index (κ2) is 6.89. The number of rotatable bonds is 6. The average Bonchev–Trinajstić information content (AvgIpc) is 3.37. The number of aromatic nitrogens is 1. The summed E-state index contributed by atoms with van der Waals surface area (Å²) in [7, 11) is 0. The molecule has 5 nitrogen and oxygen atoms in total. The quantitative estimate of drug-likeness (QED) is 0.751. The van der Waals surface area contributed by atoms with Gasteiger partial charge in [0.1, 0.15) is 12.4 Å². The first-order chi connectivity index (χ1) is 10.3. The van der Waals surface area contributed by atoms with Crippen LogP contribution in [-0.2, 0) is 9.53 Å². The molecule has 5 heteroatoms. The standard InChI is InChI=1S/C16H22N2O3/c19-16(13-3-4-13)18-8-5-14(6-9-18)20-10-11-21-15-2-1-7-17-12-15/h1-2,7,12-14H,3-6,8-11H2. The van der Waals surface area contributed by atoms with Crippen molar-refractivity contribution < 1.29 is 14.3 Å². The van der Waals surface area contributed by atoms with E-state index in [0.717, 1.165) is 44.5 Å². The number of piperidine rings is 1. The van der Waals surface area contributed by atoms with Crippen molar-refractivity contribution in [3.63, 3.8) is 0 Å². The minimum absolute atomic E-state index is 0.255. The first-order valence-electron chi connectivity index (χ1n) is 7.76. The maximum Gasteiger partial charge on any atom is 0.225 e. The number of pyridine rings is 1. The van der Waals surface area contributed by atoms with Gasteiger partial charge in [-0.05, 0) is 37.8 Å². The van der Waals surface area contributed by atoms with Gasteiger partial charge in [-0.15, -0.1) is 0 Å². The highest BCUT2D eigenvalue weighted by atomic mass is 16.5. The highest BCUT2D eigenvalue weighted by Gasteiger charge is 2.34. The van der Waals surface area contributed by atoms with Crippen molar-refractivity contribution >= 4 is 5.91 Å². The smallest absolute Gasteiger partial charge is 0.225 e. The molecule has 1 aliphatic carbocycles. The van der Waals surface area contributed by atoms with Crippen LogP contribution in [0.5, 0.6) is 5.75 Å². The fourth-order valence-corrected chi connectivity index (χ4v) is 2.64. The number of nitrogens with zero attached hydrogens (tertiary/aromatic N) is 2. The van der Waals surface area contributed by atoms with Crippen LogP contribution in [-0.4, -0.2) is 48.2 Å². The molecule has 0 bridgehead atoms. The first kappa shape index (κ1) is 14.3. The van der Waals surface area contributed by atoms with Crippen LogP contribution in [0.3, 0.4) is 0 Å². The number of amides is 1. The van der Waals surface area contributed by atoms with Gasteiger partial charge < -0.3 is 14.4 Å². The molecule has 0 N–H and O–H groups in total. The maximum absolute atomic E-state index is 11.9. The molecule has 1 amide bonds. The van der Waals surface area contributed by atoms with Crippen LogP contribution in [0.4, 0.5) is 0 Å². The Hall–Kier alpha value is -1.62. The van der Waals surface area contributed by atoms with Crippen molar-refractivity contribution in [2.75, 3.05) is 26.3 Å². The third-order valence-corrected chi connectivity index (χ3v) is 4.02. The maximum atomic E-state index is 11.9. The zero-order valence-corrected chi connectivity index (χ0v) is 12.2. The topological polar surface area (TPSA) is 51.7 Å². The van der Waals surface area contributed by atoms with Crippen LogP contribution < -0.4 is 4.74 Å². The highest BCUT2D eigenvalue weighted by molar-refractivity contribution is 5.81. The summed E-state index contributed by atoms with van der Waals surface area (Å²) < 4.78 is 11.4. The van der Waals surface area contributed by atoms with E-state index in [0.29, 0.717) is 25.0 Å². The molecule has 2 fully saturated rings. The third-order valence-electron chi connectivity index (χ3n) is 4.02. The molecular weight excluding hydrogens is 268 g/mol. The molecule has 0 unspecified atom stereocenters. The van der Waals surface area contributed by atoms with E-state index < -0.39 is 0 Å². The Morgan fingerprint density at radius 3 is 2.71 bits per heavy atom. The van der Waals surface area contributed by atoms with E-state index in [-0.39, 0.29) is 6.10 Å². The molecule has 114 valence electrons. The highest BCUT2D eigenvalue weighted by Crippen LogP contribution is 2.32. The molecule has 3 rings (SSSR count). The van der Waals surface area contributed by atoms with Gasteiger partial charge in [-0.1, -0.05) is 0 Å². The summed E-state index contributed by atoms with van der Waals surface area (Å²) in [5, 5.41) is 0. The van der Waals surface area contributed by atoms with Gasteiger partial charge in [0, 0.05) is 25.2 Å². The van der Waals surface area contributed by atoms with Crippen molar-refractivity contribution in [3.05, 3.63) is 24.5 Å². The minimum Gasteiger partial charge on any atom is -0.490 e. The van der Waals surface area contributed by atoms with Gasteiger partial charge >= 0.3 is 0 Å². The molecule has 0 spiro atoms. The van der Waals surface area contributed by atoms with Crippen molar-refractivity contribution in [1.82, 2.24) is 9.88 Å². The molecule has 1 saturated carbocycles. The van der Waals surface area contributed by atoms with Crippen molar-refractivity contribution in [1.29, 1.82) is 0 Å². The molecule has 21 heavy (non-hydrogen) atoms. The zero-order chi connectivity index (χ0) is 14.5. The first-order valence-corrected chi connectivity index (χ1v) is 7.76. The molecule has 1 saturated heterocycles. The van der Waals surface area contributed by atoms with Gasteiger partial charge in [0.15, 0.2) is 0 Å². The number of carbonyl (C=O) groups excluding carboxylic acids is 1. The number of carbonyl (C=O) groups is 1. The Morgan fingerprint density at radius 2 is 2.05 bits per heavy atom. The fourth-order valence-electron chi connectivity index (χ4n) is 2.64. The number of hydrogen-bond acceptors (Lipinski definition) is 4. The fraction of sp³-hybridized carbons (Fsp3) is 0.625. The minimum atomic E-state index is 0.255. The summed E-state index contributed by atoms with van der Waals surface area (Å²) in [6.07, 6.45) is 7.71. The molecule has 1 aromatic rings. The summed E-state index contributed by atoms with van der Waals surface area (Å²) in [4.78, 5) is 17.9. The Labute approximate surface area is 125 Å². The van der Waals surface area contributed by atoms with E-state index in [1.54, 1.807) is 12.4 Å². The second-order valence-electron chi connectivity index (χ2n) is 5.71. The number of ether oxygens (including phenoxy) is 2. The lowest BCUT2D eigenvalue weighted by Gasteiger charge is -2.32. The van der Waals surface area contributed by atoms with Gasteiger partial charge in [-0.3, -0.25) is 9.78 Å². The van der Waals surface area contributed by atoms with Crippen LogP contribution >= 0.6 is 0 Å². The van der Waals surface area contributed by atoms with E-state index >= 15 is 0 Å². The molecule has 1 aliphatic heterocycles. The molecule has 1 aromatic heterocycles. The van der Waals surface area contributed by atoms with E-state index in [4.69, 9.17) is 9.47 Å². The molecule has 0 aromatic carbocycles. The van der Waals surface area contributed by atoms with Crippen molar-refractivity contribution in [3.8, 4) is 5.75 Å². The van der Waals surface area contributed by atoms with Crippen molar-refractivity contribution in [2.45, 2.75) is 31.8 Å². The Balaban J connectivity index is 1.30. The molecule has 0 radical (unpaired) electrons. The van der Waals surface area contributed by atoms with Crippen LogP contribution in [0, 0.1) is 5.92 Å². The summed E-state index contributed by atoms with van der Waals surface area (Å²) >= 11 is 0. The van der Waals surface area contributed by atoms with Gasteiger partial charge in [0.2, 0.25) is 5.91 Å². The monoisotopic (exact) mass is 290 g/mol. The zero-order valence-electron chi connectivity index (χ0n) is 12.2. The lowest BCUT2D eigenvalue weighted by Crippen LogP contribution is -2.41. The molecule has 2 heterocycles. The van der Waals surface area contributed by atoms with E-state index in [9.17, 15) is 4.79 Å². The van der Waals surface area contributed by atoms with Gasteiger partial charge in [0.05, 0.1) is 18.9 Å². The molecule has 0 atom stereocenters. The summed E-state index contributed by atoms with van der Waals surface area (Å²) in [6, 6.07) is 3.73. The SMILES string of the molecule is O=C(C1CC1)N1CCC(OCCOc2cccnc2)CC1. The van der Waals surface area contributed by atoms with Gasteiger partial charge in [0.25, 0.3) is 0 Å². The Morgan fingerprint density at radius 1 is 1.24 bits per heavy atom. The molecular formula is C16H22N2O3. The summed E-state index contributed by atoms with van der Waals surface area (Å²) in [6.45, 7) is 2.79. The van der Waals surface area contributed by atoms with E-state index in [1.807, 2.05) is 17.0 Å². The predicted octanol–water partition coefficient (Wildman–Crippen LogP) is 1.88. The Kier molecular flexibility index (Phi) is 4.70. The Bertz CT molecular complexity index is 454. The van der Waals surface area contributed by atoms with Crippen LogP contribution in [0.2, 0.25) is 0 Å². The largest absolute Gasteiger partial charge is 0.490 e. The van der Waals surface area contributed by atoms with Crippen LogP contribution in [0.1, 0.15) is 25.7 Å². The van der Waals surface area contributed by atoms with Gasteiger partial charge in [-0.2, -0.15) is 0 Å². The second-order valence-corrected chi connectivity index (χ2v) is 5.71. The lowest BCUT2D eigenvalue weighted by molar-refractivity contribution is -0.135. The number of hydrogen-bond donors (Lipinski definition) is 0. The van der Waals surface area contributed by atoms with Gasteiger partial charge in [-0.25, -0.2) is 0 Å². The normalized spacial score (nSPS) is 19.5.